The Hall–Kier alpha value is -0.560. The van der Waals surface area contributed by atoms with Gasteiger partial charge in [0, 0.05) is 4.47 Å². The molecule has 0 heterocycles. The quantitative estimate of drug-likeness (QED) is 0.430. The van der Waals surface area contributed by atoms with E-state index in [0.717, 1.165) is 0 Å². The molecule has 1 aromatic carbocycles. The van der Waals surface area contributed by atoms with Gasteiger partial charge in [-0.15, -0.1) is 0 Å². The Labute approximate surface area is 132 Å². The molecule has 20 heavy (non-hydrogen) atoms. The van der Waals surface area contributed by atoms with E-state index >= 15 is 0 Å². The highest BCUT2D eigenvalue weighted by molar-refractivity contribution is 9.10. The second kappa shape index (κ2) is 8.67. The van der Waals surface area contributed by atoms with E-state index in [9.17, 15) is 0 Å². The lowest BCUT2D eigenvalue weighted by molar-refractivity contribution is 0.574. The molecular weight excluding hydrogens is 308 g/mol. The summed E-state index contributed by atoms with van der Waals surface area (Å²) in [6.45, 7) is 2.28. The van der Waals surface area contributed by atoms with Gasteiger partial charge < -0.3 is 0 Å². The molecule has 0 fully saturated rings. The first-order chi connectivity index (χ1) is 9.79. The number of fused-ring (bicyclic) bond motifs is 1. The molecule has 0 saturated heterocycles. The number of halogens is 1. The van der Waals surface area contributed by atoms with E-state index in [-0.39, 0.29) is 0 Å². The van der Waals surface area contributed by atoms with Crippen LogP contribution in [0, 0.1) is 0 Å². The van der Waals surface area contributed by atoms with E-state index in [2.05, 4.69) is 47.1 Å². The molecule has 1 aliphatic carbocycles. The number of benzene rings is 1. The Morgan fingerprint density at radius 2 is 1.65 bits per heavy atom. The highest BCUT2D eigenvalue weighted by Gasteiger charge is 2.12. The highest BCUT2D eigenvalue weighted by atomic mass is 79.9. The van der Waals surface area contributed by atoms with Gasteiger partial charge in [0.25, 0.3) is 0 Å². The predicted molar refractivity (Wildman–Crippen MR) is 93.1 cm³/mol. The van der Waals surface area contributed by atoms with Crippen LogP contribution in [-0.4, -0.2) is 0 Å². The van der Waals surface area contributed by atoms with Crippen molar-refractivity contribution < 1.29 is 0 Å². The van der Waals surface area contributed by atoms with E-state index < -0.39 is 0 Å². The molecule has 0 nitrogen and oxygen atoms in total. The third-order valence-electron chi connectivity index (χ3n) is 4.23. The summed E-state index contributed by atoms with van der Waals surface area (Å²) >= 11 is 3.56. The maximum atomic E-state index is 3.56. The molecule has 0 N–H and O–H groups in total. The van der Waals surface area contributed by atoms with Crippen molar-refractivity contribution >= 4 is 22.0 Å². The summed E-state index contributed by atoms with van der Waals surface area (Å²) in [6.07, 6.45) is 16.2. The van der Waals surface area contributed by atoms with Crippen LogP contribution in [0.15, 0.2) is 28.2 Å². The average molecular weight is 335 g/mol. The molecule has 1 heteroatoms. The summed E-state index contributed by atoms with van der Waals surface area (Å²) < 4.78 is 1.21. The molecule has 0 spiro atoms. The molecule has 0 aromatic heterocycles. The van der Waals surface area contributed by atoms with E-state index in [0.29, 0.717) is 0 Å². The number of allylic oxidation sites excluding steroid dienone is 1. The normalized spacial score (nSPS) is 13.4. The second-order valence-electron chi connectivity index (χ2n) is 6.05. The molecule has 0 amide bonds. The number of hydrogen-bond acceptors (Lipinski definition) is 0. The van der Waals surface area contributed by atoms with Crippen molar-refractivity contribution in [3.63, 3.8) is 0 Å². The zero-order valence-electron chi connectivity index (χ0n) is 12.8. The van der Waals surface area contributed by atoms with Crippen LogP contribution in [0.1, 0.15) is 75.8 Å². The van der Waals surface area contributed by atoms with Crippen LogP contribution in [0.5, 0.6) is 0 Å². The molecule has 1 aromatic rings. The first-order valence-corrected chi connectivity index (χ1v) is 9.07. The fourth-order valence-electron chi connectivity index (χ4n) is 3.03. The Morgan fingerprint density at radius 1 is 0.950 bits per heavy atom. The summed E-state index contributed by atoms with van der Waals surface area (Å²) in [5.41, 5.74) is 4.56. The second-order valence-corrected chi connectivity index (χ2v) is 6.96. The average Bonchev–Trinajstić information content (AvgIpc) is 2.83. The molecule has 1 aliphatic rings. The minimum Gasteiger partial charge on any atom is -0.0654 e. The summed E-state index contributed by atoms with van der Waals surface area (Å²) in [6, 6.07) is 6.65. The minimum atomic E-state index is 1.17. The number of hydrogen-bond donors (Lipinski definition) is 0. The highest BCUT2D eigenvalue weighted by Crippen LogP contribution is 2.30. The molecule has 0 bridgehead atoms. The summed E-state index contributed by atoms with van der Waals surface area (Å²) in [4.78, 5) is 0. The SMILES string of the molecule is CCCCCCCCCCC1=Cc2ccc(Br)cc2C1. The van der Waals surface area contributed by atoms with Crippen molar-refractivity contribution in [3.8, 4) is 0 Å². The van der Waals surface area contributed by atoms with Crippen molar-refractivity contribution in [1.29, 1.82) is 0 Å². The van der Waals surface area contributed by atoms with Gasteiger partial charge in [-0.2, -0.15) is 0 Å². The monoisotopic (exact) mass is 334 g/mol. The molecule has 0 radical (unpaired) electrons. The van der Waals surface area contributed by atoms with E-state index in [4.69, 9.17) is 0 Å². The first-order valence-electron chi connectivity index (χ1n) is 8.27. The van der Waals surface area contributed by atoms with Crippen LogP contribution in [-0.2, 0) is 6.42 Å². The topological polar surface area (TPSA) is 0 Å². The predicted octanol–water partition coefficient (Wildman–Crippen LogP) is 6.92. The Balaban J connectivity index is 1.58. The van der Waals surface area contributed by atoms with Crippen molar-refractivity contribution in [2.45, 2.75) is 71.1 Å². The first kappa shape index (κ1) is 15.8. The molecule has 0 atom stereocenters. The van der Waals surface area contributed by atoms with E-state index in [1.165, 1.54) is 79.8 Å². The minimum absolute atomic E-state index is 1.17. The van der Waals surface area contributed by atoms with Crippen LogP contribution in [0.2, 0.25) is 0 Å². The lowest BCUT2D eigenvalue weighted by Gasteiger charge is -2.03. The standard InChI is InChI=1S/C19H27Br/c1-2-3-4-5-6-7-8-9-10-16-13-17-11-12-19(20)15-18(17)14-16/h11-13,15H,2-10,14H2,1H3. The molecule has 0 saturated carbocycles. The summed E-state index contributed by atoms with van der Waals surface area (Å²) in [5, 5.41) is 0. The Bertz CT molecular complexity index is 445. The molecule has 110 valence electrons. The fourth-order valence-corrected chi connectivity index (χ4v) is 3.44. The van der Waals surface area contributed by atoms with Crippen molar-refractivity contribution in [3.05, 3.63) is 39.4 Å². The Kier molecular flexibility index (Phi) is 6.86. The number of rotatable bonds is 9. The van der Waals surface area contributed by atoms with E-state index in [1.807, 2.05) is 0 Å². The molecule has 0 aliphatic heterocycles. The molecule has 0 unspecified atom stereocenters. The Morgan fingerprint density at radius 3 is 2.40 bits per heavy atom. The van der Waals surface area contributed by atoms with Gasteiger partial charge in [0.05, 0.1) is 0 Å². The molecular formula is C19H27Br. The van der Waals surface area contributed by atoms with Crippen LogP contribution in [0.25, 0.3) is 6.08 Å². The van der Waals surface area contributed by atoms with Crippen LogP contribution in [0.4, 0.5) is 0 Å². The van der Waals surface area contributed by atoms with Gasteiger partial charge in [0.2, 0.25) is 0 Å². The lowest BCUT2D eigenvalue weighted by atomic mass is 10.0. The maximum Gasteiger partial charge on any atom is 0.0178 e. The van der Waals surface area contributed by atoms with E-state index in [1.54, 1.807) is 5.57 Å². The molecule has 2 rings (SSSR count). The zero-order valence-corrected chi connectivity index (χ0v) is 14.3. The largest absolute Gasteiger partial charge is 0.0654 e. The zero-order chi connectivity index (χ0) is 14.2. The van der Waals surface area contributed by atoms with Crippen LogP contribution in [0.3, 0.4) is 0 Å². The van der Waals surface area contributed by atoms with Crippen LogP contribution >= 0.6 is 15.9 Å². The van der Waals surface area contributed by atoms with Crippen molar-refractivity contribution in [2.75, 3.05) is 0 Å². The van der Waals surface area contributed by atoms with Gasteiger partial charge in [0.1, 0.15) is 0 Å². The fraction of sp³-hybridized carbons (Fsp3) is 0.579. The maximum absolute atomic E-state index is 3.56. The van der Waals surface area contributed by atoms with Gasteiger partial charge in [-0.3, -0.25) is 0 Å². The third-order valence-corrected chi connectivity index (χ3v) is 4.73. The van der Waals surface area contributed by atoms with Gasteiger partial charge in [-0.25, -0.2) is 0 Å². The van der Waals surface area contributed by atoms with Crippen LogP contribution < -0.4 is 0 Å². The van der Waals surface area contributed by atoms with Gasteiger partial charge in [0.15, 0.2) is 0 Å². The van der Waals surface area contributed by atoms with Gasteiger partial charge in [-0.05, 0) is 42.5 Å². The number of unbranched alkanes of at least 4 members (excludes halogenated alkanes) is 7. The summed E-state index contributed by atoms with van der Waals surface area (Å²) in [5.74, 6) is 0. The lowest BCUT2D eigenvalue weighted by Crippen LogP contribution is -1.87. The smallest absolute Gasteiger partial charge is 0.0178 e. The van der Waals surface area contributed by atoms with Crippen molar-refractivity contribution in [2.24, 2.45) is 0 Å². The van der Waals surface area contributed by atoms with Gasteiger partial charge in [-0.1, -0.05) is 85.5 Å². The van der Waals surface area contributed by atoms with Gasteiger partial charge >= 0.3 is 0 Å². The summed E-state index contributed by atoms with van der Waals surface area (Å²) in [7, 11) is 0. The van der Waals surface area contributed by atoms with Crippen molar-refractivity contribution in [1.82, 2.24) is 0 Å². The third kappa shape index (κ3) is 5.09.